The Balaban J connectivity index is 2.07. The number of hydrogen-bond acceptors (Lipinski definition) is 3. The molecule has 0 aromatic rings. The molecule has 1 aliphatic carbocycles. The fourth-order valence-electron chi connectivity index (χ4n) is 2.61. The fourth-order valence-corrected chi connectivity index (χ4v) is 2.61. The lowest BCUT2D eigenvalue weighted by atomic mass is 9.94. The second-order valence-corrected chi connectivity index (χ2v) is 5.50. The summed E-state index contributed by atoms with van der Waals surface area (Å²) < 4.78 is 0. The first-order valence-corrected chi connectivity index (χ1v) is 7.45. The smallest absolute Gasteiger partial charge is 0.317 e. The van der Waals surface area contributed by atoms with Crippen molar-refractivity contribution in [2.75, 3.05) is 40.3 Å². The SMILES string of the molecule is CN(CCO)C(=O)NCCCN(C)C1CCCCC1. The normalized spacial score (nSPS) is 16.6. The maximum Gasteiger partial charge on any atom is 0.317 e. The van der Waals surface area contributed by atoms with Gasteiger partial charge in [-0.25, -0.2) is 4.79 Å². The van der Waals surface area contributed by atoms with Gasteiger partial charge in [0.15, 0.2) is 0 Å². The fraction of sp³-hybridized carbons (Fsp3) is 0.929. The van der Waals surface area contributed by atoms with Crippen LogP contribution in [0.5, 0.6) is 0 Å². The van der Waals surface area contributed by atoms with E-state index in [0.29, 0.717) is 13.1 Å². The topological polar surface area (TPSA) is 55.8 Å². The van der Waals surface area contributed by atoms with E-state index in [9.17, 15) is 4.79 Å². The van der Waals surface area contributed by atoms with E-state index in [-0.39, 0.29) is 12.6 Å². The first kappa shape index (κ1) is 16.2. The van der Waals surface area contributed by atoms with Crippen LogP contribution in [0, 0.1) is 0 Å². The second kappa shape index (κ2) is 9.15. The summed E-state index contributed by atoms with van der Waals surface area (Å²) in [6.45, 7) is 2.13. The van der Waals surface area contributed by atoms with Crippen molar-refractivity contribution in [2.45, 2.75) is 44.6 Å². The molecule has 0 aromatic carbocycles. The van der Waals surface area contributed by atoms with Crippen molar-refractivity contribution in [3.8, 4) is 0 Å². The summed E-state index contributed by atoms with van der Waals surface area (Å²) in [7, 11) is 3.88. The Kier molecular flexibility index (Phi) is 7.82. The van der Waals surface area contributed by atoms with Gasteiger partial charge in [-0.2, -0.15) is 0 Å². The average Bonchev–Trinajstić information content (AvgIpc) is 2.44. The van der Waals surface area contributed by atoms with E-state index in [1.807, 2.05) is 0 Å². The molecule has 1 fully saturated rings. The summed E-state index contributed by atoms with van der Waals surface area (Å²) in [4.78, 5) is 15.5. The summed E-state index contributed by atoms with van der Waals surface area (Å²) in [5.41, 5.74) is 0. The van der Waals surface area contributed by atoms with Gasteiger partial charge in [0, 0.05) is 26.2 Å². The molecule has 1 saturated carbocycles. The van der Waals surface area contributed by atoms with Crippen molar-refractivity contribution in [3.63, 3.8) is 0 Å². The van der Waals surface area contributed by atoms with Crippen LogP contribution >= 0.6 is 0 Å². The number of nitrogens with zero attached hydrogens (tertiary/aromatic N) is 2. The summed E-state index contributed by atoms with van der Waals surface area (Å²) in [5.74, 6) is 0. The number of hydrogen-bond donors (Lipinski definition) is 2. The third-order valence-electron chi connectivity index (χ3n) is 3.94. The van der Waals surface area contributed by atoms with Crippen molar-refractivity contribution in [1.82, 2.24) is 15.1 Å². The number of urea groups is 1. The zero-order chi connectivity index (χ0) is 14.1. The number of likely N-dealkylation sites (N-methyl/N-ethyl adjacent to an activating group) is 1. The van der Waals surface area contributed by atoms with Crippen LogP contribution in [0.3, 0.4) is 0 Å². The molecule has 2 amide bonds. The molecular weight excluding hydrogens is 242 g/mol. The van der Waals surface area contributed by atoms with Gasteiger partial charge >= 0.3 is 6.03 Å². The largest absolute Gasteiger partial charge is 0.395 e. The van der Waals surface area contributed by atoms with Crippen molar-refractivity contribution in [3.05, 3.63) is 0 Å². The highest BCUT2D eigenvalue weighted by molar-refractivity contribution is 5.73. The molecule has 0 bridgehead atoms. The zero-order valence-electron chi connectivity index (χ0n) is 12.4. The third-order valence-corrected chi connectivity index (χ3v) is 3.94. The zero-order valence-corrected chi connectivity index (χ0v) is 12.4. The van der Waals surface area contributed by atoms with Gasteiger partial charge in [0.25, 0.3) is 0 Å². The third kappa shape index (κ3) is 6.25. The van der Waals surface area contributed by atoms with Crippen LogP contribution in [0.2, 0.25) is 0 Å². The number of carbonyl (C=O) groups is 1. The maximum absolute atomic E-state index is 11.6. The van der Waals surface area contributed by atoms with Gasteiger partial charge in [-0.05, 0) is 32.9 Å². The highest BCUT2D eigenvalue weighted by atomic mass is 16.3. The number of rotatable bonds is 7. The molecule has 0 saturated heterocycles. The number of carbonyl (C=O) groups excluding carboxylic acids is 1. The first-order valence-electron chi connectivity index (χ1n) is 7.45. The Labute approximate surface area is 117 Å². The molecule has 0 heterocycles. The lowest BCUT2D eigenvalue weighted by Crippen LogP contribution is -2.40. The molecule has 5 heteroatoms. The van der Waals surface area contributed by atoms with E-state index in [2.05, 4.69) is 17.3 Å². The maximum atomic E-state index is 11.6. The molecule has 19 heavy (non-hydrogen) atoms. The van der Waals surface area contributed by atoms with E-state index in [4.69, 9.17) is 5.11 Å². The minimum Gasteiger partial charge on any atom is -0.395 e. The van der Waals surface area contributed by atoms with Crippen molar-refractivity contribution < 1.29 is 9.90 Å². The Morgan fingerprint density at radius 1 is 1.21 bits per heavy atom. The van der Waals surface area contributed by atoms with E-state index in [0.717, 1.165) is 19.0 Å². The quantitative estimate of drug-likeness (QED) is 0.686. The molecule has 0 unspecified atom stereocenters. The van der Waals surface area contributed by atoms with E-state index in [1.54, 1.807) is 7.05 Å². The predicted molar refractivity (Wildman–Crippen MR) is 77.2 cm³/mol. The lowest BCUT2D eigenvalue weighted by Gasteiger charge is -2.31. The molecule has 0 aliphatic heterocycles. The summed E-state index contributed by atoms with van der Waals surface area (Å²) in [6.07, 6.45) is 7.73. The number of nitrogens with one attached hydrogen (secondary N) is 1. The van der Waals surface area contributed by atoms with Crippen LogP contribution in [0.1, 0.15) is 38.5 Å². The van der Waals surface area contributed by atoms with Gasteiger partial charge in [0.2, 0.25) is 0 Å². The molecule has 0 atom stereocenters. The van der Waals surface area contributed by atoms with Crippen LogP contribution in [-0.4, -0.2) is 67.3 Å². The Hall–Kier alpha value is -0.810. The predicted octanol–water partition coefficient (Wildman–Crippen LogP) is 1.27. The minimum atomic E-state index is -0.102. The van der Waals surface area contributed by atoms with Gasteiger partial charge in [0.1, 0.15) is 0 Å². The van der Waals surface area contributed by atoms with Gasteiger partial charge in [-0.1, -0.05) is 19.3 Å². The number of aliphatic hydroxyl groups excluding tert-OH is 1. The van der Waals surface area contributed by atoms with E-state index >= 15 is 0 Å². The summed E-state index contributed by atoms with van der Waals surface area (Å²) >= 11 is 0. The van der Waals surface area contributed by atoms with Gasteiger partial charge in [-0.15, -0.1) is 0 Å². The Morgan fingerprint density at radius 3 is 2.53 bits per heavy atom. The molecule has 1 rings (SSSR count). The molecule has 1 aliphatic rings. The van der Waals surface area contributed by atoms with Crippen LogP contribution in [0.4, 0.5) is 4.79 Å². The van der Waals surface area contributed by atoms with Gasteiger partial charge < -0.3 is 20.2 Å². The molecular formula is C14H29N3O2. The van der Waals surface area contributed by atoms with Gasteiger partial charge in [-0.3, -0.25) is 0 Å². The van der Waals surface area contributed by atoms with Crippen molar-refractivity contribution >= 4 is 6.03 Å². The first-order chi connectivity index (χ1) is 9.15. The molecule has 2 N–H and O–H groups in total. The average molecular weight is 271 g/mol. The summed E-state index contributed by atoms with van der Waals surface area (Å²) in [5, 5.41) is 11.6. The molecule has 0 aromatic heterocycles. The standard InChI is InChI=1S/C14H29N3O2/c1-16(13-7-4-3-5-8-13)10-6-9-15-14(19)17(2)11-12-18/h13,18H,3-12H2,1-2H3,(H,15,19). The van der Waals surface area contributed by atoms with Gasteiger partial charge in [0.05, 0.1) is 6.61 Å². The van der Waals surface area contributed by atoms with Crippen LogP contribution < -0.4 is 5.32 Å². The van der Waals surface area contributed by atoms with E-state index in [1.165, 1.54) is 37.0 Å². The number of aliphatic hydroxyl groups is 1. The highest BCUT2D eigenvalue weighted by Gasteiger charge is 2.17. The van der Waals surface area contributed by atoms with Crippen LogP contribution in [-0.2, 0) is 0 Å². The lowest BCUT2D eigenvalue weighted by molar-refractivity contribution is 0.182. The summed E-state index contributed by atoms with van der Waals surface area (Å²) in [6, 6.07) is 0.635. The molecule has 112 valence electrons. The van der Waals surface area contributed by atoms with Crippen molar-refractivity contribution in [1.29, 1.82) is 0 Å². The molecule has 0 radical (unpaired) electrons. The molecule has 0 spiro atoms. The Bertz CT molecular complexity index is 255. The second-order valence-electron chi connectivity index (χ2n) is 5.50. The Morgan fingerprint density at radius 2 is 1.89 bits per heavy atom. The van der Waals surface area contributed by atoms with E-state index < -0.39 is 0 Å². The van der Waals surface area contributed by atoms with Crippen molar-refractivity contribution in [2.24, 2.45) is 0 Å². The number of amides is 2. The highest BCUT2D eigenvalue weighted by Crippen LogP contribution is 2.21. The minimum absolute atomic E-state index is 0.00827. The monoisotopic (exact) mass is 271 g/mol. The molecule has 5 nitrogen and oxygen atoms in total. The van der Waals surface area contributed by atoms with Crippen LogP contribution in [0.15, 0.2) is 0 Å². The van der Waals surface area contributed by atoms with Crippen LogP contribution in [0.25, 0.3) is 0 Å².